The van der Waals surface area contributed by atoms with E-state index in [1.807, 2.05) is 50.3 Å². The molecule has 0 saturated carbocycles. The minimum absolute atomic E-state index is 0.165. The second kappa shape index (κ2) is 6.42. The van der Waals surface area contributed by atoms with Crippen molar-refractivity contribution in [2.45, 2.75) is 59.4 Å². The summed E-state index contributed by atoms with van der Waals surface area (Å²) in [5, 5.41) is 4.50. The third-order valence-corrected chi connectivity index (χ3v) is 4.88. The van der Waals surface area contributed by atoms with Crippen LogP contribution in [0.25, 0.3) is 0 Å². The number of aromatic nitrogens is 3. The first-order valence-corrected chi connectivity index (χ1v) is 8.62. The maximum absolute atomic E-state index is 13.0. The van der Waals surface area contributed by atoms with E-state index in [0.29, 0.717) is 6.54 Å². The molecule has 2 aromatic heterocycles. The molecule has 0 N–H and O–H groups in total. The van der Waals surface area contributed by atoms with Crippen LogP contribution in [0.4, 0.5) is 0 Å². The van der Waals surface area contributed by atoms with E-state index in [1.54, 1.807) is 0 Å². The number of carbonyl (C=O) groups is 1. The van der Waals surface area contributed by atoms with Gasteiger partial charge in [-0.05, 0) is 53.5 Å². The lowest BCUT2D eigenvalue weighted by atomic mass is 9.97. The Morgan fingerprint density at radius 1 is 1.33 bits per heavy atom. The van der Waals surface area contributed by atoms with Crippen molar-refractivity contribution in [2.75, 3.05) is 13.1 Å². The monoisotopic (exact) mass is 330 g/mol. The molecule has 1 aliphatic heterocycles. The Kier molecular flexibility index (Phi) is 4.47. The maximum Gasteiger partial charge on any atom is 0.230 e. The number of hydrogen-bond donors (Lipinski definition) is 0. The normalized spacial score (nSPS) is 19.5. The largest absolute Gasteiger partial charge is 0.466 e. The lowest BCUT2D eigenvalue weighted by Gasteiger charge is -2.34. The number of amides is 1. The molecule has 24 heavy (non-hydrogen) atoms. The fraction of sp³-hybridized carbons (Fsp3) is 0.611. The van der Waals surface area contributed by atoms with Gasteiger partial charge in [0.2, 0.25) is 5.91 Å². The van der Waals surface area contributed by atoms with Crippen molar-refractivity contribution in [2.24, 2.45) is 0 Å². The Bertz CT molecular complexity index is 746. The maximum atomic E-state index is 13.0. The summed E-state index contributed by atoms with van der Waals surface area (Å²) in [5.74, 6) is 3.38. The first-order valence-electron chi connectivity index (χ1n) is 8.62. The minimum Gasteiger partial charge on any atom is -0.466 e. The number of piperidine rings is 1. The van der Waals surface area contributed by atoms with Crippen molar-refractivity contribution in [1.29, 1.82) is 0 Å². The van der Waals surface area contributed by atoms with E-state index in [9.17, 15) is 4.79 Å². The smallest absolute Gasteiger partial charge is 0.230 e. The number of hydrogen-bond acceptors (Lipinski definition) is 4. The van der Waals surface area contributed by atoms with Gasteiger partial charge in [0.05, 0.1) is 12.0 Å². The number of carbonyl (C=O) groups excluding carboxylic acids is 1. The van der Waals surface area contributed by atoms with Crippen LogP contribution in [0, 0.1) is 27.7 Å². The van der Waals surface area contributed by atoms with E-state index in [4.69, 9.17) is 4.42 Å². The molecule has 0 aliphatic carbocycles. The molecule has 0 radical (unpaired) electrons. The van der Waals surface area contributed by atoms with E-state index in [1.165, 1.54) is 0 Å². The highest BCUT2D eigenvalue weighted by molar-refractivity contribution is 5.83. The van der Waals surface area contributed by atoms with Crippen LogP contribution in [0.5, 0.6) is 0 Å². The van der Waals surface area contributed by atoms with Crippen LogP contribution in [-0.2, 0) is 4.79 Å². The zero-order chi connectivity index (χ0) is 17.4. The van der Waals surface area contributed by atoms with Crippen LogP contribution in [0.3, 0.4) is 0 Å². The van der Waals surface area contributed by atoms with E-state index >= 15 is 0 Å². The molecule has 0 bridgehead atoms. The second-order valence-corrected chi connectivity index (χ2v) is 6.82. The van der Waals surface area contributed by atoms with Crippen molar-refractivity contribution >= 4 is 5.91 Å². The van der Waals surface area contributed by atoms with Gasteiger partial charge in [-0.3, -0.25) is 4.79 Å². The molecule has 3 rings (SSSR count). The van der Waals surface area contributed by atoms with Gasteiger partial charge in [-0.25, -0.2) is 9.67 Å². The van der Waals surface area contributed by atoms with Gasteiger partial charge >= 0.3 is 0 Å². The zero-order valence-electron chi connectivity index (χ0n) is 15.2. The SMILES string of the molecule is Cc1nc(C)n([C@@H]2CCCN(C(=O)[C@H](C)c3cc(C)oc3C)C2)n1. The van der Waals surface area contributed by atoms with Crippen LogP contribution in [0.15, 0.2) is 10.5 Å². The summed E-state index contributed by atoms with van der Waals surface area (Å²) in [6.45, 7) is 11.2. The molecular weight excluding hydrogens is 304 g/mol. The molecule has 1 saturated heterocycles. The fourth-order valence-electron chi connectivity index (χ4n) is 3.72. The summed E-state index contributed by atoms with van der Waals surface area (Å²) in [6, 6.07) is 2.19. The molecule has 2 aromatic rings. The molecule has 130 valence electrons. The van der Waals surface area contributed by atoms with Gasteiger partial charge in [0.1, 0.15) is 23.2 Å². The Morgan fingerprint density at radius 2 is 2.08 bits per heavy atom. The number of furan rings is 1. The Hall–Kier alpha value is -2.11. The summed E-state index contributed by atoms with van der Waals surface area (Å²) in [7, 11) is 0. The summed E-state index contributed by atoms with van der Waals surface area (Å²) >= 11 is 0. The number of rotatable bonds is 3. The van der Waals surface area contributed by atoms with E-state index in [0.717, 1.165) is 48.1 Å². The lowest BCUT2D eigenvalue weighted by molar-refractivity contribution is -0.134. The average Bonchev–Trinajstić information content (AvgIpc) is 3.06. The highest BCUT2D eigenvalue weighted by Gasteiger charge is 2.30. The minimum atomic E-state index is -0.181. The van der Waals surface area contributed by atoms with Gasteiger partial charge in [-0.1, -0.05) is 0 Å². The first kappa shape index (κ1) is 16.7. The molecule has 1 aliphatic rings. The highest BCUT2D eigenvalue weighted by atomic mass is 16.3. The van der Waals surface area contributed by atoms with Crippen LogP contribution in [0.1, 0.15) is 60.5 Å². The Labute approximate surface area is 142 Å². The fourth-order valence-corrected chi connectivity index (χ4v) is 3.72. The molecule has 1 fully saturated rings. The Balaban J connectivity index is 1.75. The van der Waals surface area contributed by atoms with Crippen LogP contribution < -0.4 is 0 Å². The van der Waals surface area contributed by atoms with Crippen LogP contribution in [-0.4, -0.2) is 38.7 Å². The molecule has 0 aromatic carbocycles. The average molecular weight is 330 g/mol. The zero-order valence-corrected chi connectivity index (χ0v) is 15.2. The lowest BCUT2D eigenvalue weighted by Crippen LogP contribution is -2.43. The molecular formula is C18H26N4O2. The second-order valence-electron chi connectivity index (χ2n) is 6.82. The van der Waals surface area contributed by atoms with E-state index in [2.05, 4.69) is 10.1 Å². The van der Waals surface area contributed by atoms with E-state index in [-0.39, 0.29) is 17.9 Å². The van der Waals surface area contributed by atoms with Gasteiger partial charge in [-0.15, -0.1) is 0 Å². The molecule has 6 nitrogen and oxygen atoms in total. The molecule has 3 heterocycles. The molecule has 2 atom stereocenters. The van der Waals surface area contributed by atoms with Crippen molar-refractivity contribution in [1.82, 2.24) is 19.7 Å². The summed E-state index contributed by atoms with van der Waals surface area (Å²) < 4.78 is 7.57. The molecule has 1 amide bonds. The Morgan fingerprint density at radius 3 is 2.67 bits per heavy atom. The molecule has 0 spiro atoms. The topological polar surface area (TPSA) is 64.2 Å². The first-order chi connectivity index (χ1) is 11.4. The predicted molar refractivity (Wildman–Crippen MR) is 90.9 cm³/mol. The number of nitrogens with zero attached hydrogens (tertiary/aromatic N) is 4. The van der Waals surface area contributed by atoms with E-state index < -0.39 is 0 Å². The van der Waals surface area contributed by atoms with Crippen LogP contribution in [0.2, 0.25) is 0 Å². The number of likely N-dealkylation sites (tertiary alicyclic amines) is 1. The van der Waals surface area contributed by atoms with Gasteiger partial charge < -0.3 is 9.32 Å². The quantitative estimate of drug-likeness (QED) is 0.867. The van der Waals surface area contributed by atoms with Gasteiger partial charge in [0.15, 0.2) is 0 Å². The summed E-state index contributed by atoms with van der Waals surface area (Å²) in [4.78, 5) is 19.3. The predicted octanol–water partition coefficient (Wildman–Crippen LogP) is 3.07. The van der Waals surface area contributed by atoms with Gasteiger partial charge in [0, 0.05) is 18.7 Å². The van der Waals surface area contributed by atoms with Crippen molar-refractivity contribution < 1.29 is 9.21 Å². The van der Waals surface area contributed by atoms with Gasteiger partial charge in [0.25, 0.3) is 0 Å². The summed E-state index contributed by atoms with van der Waals surface area (Å²) in [6.07, 6.45) is 2.02. The van der Waals surface area contributed by atoms with Crippen molar-refractivity contribution in [3.8, 4) is 0 Å². The standard InChI is InChI=1S/C18H26N4O2/c1-11-9-17(13(3)24-11)12(2)18(23)21-8-6-7-16(10-21)22-15(5)19-14(4)20-22/h9,12,16H,6-8,10H2,1-5H3/t12-,16-/m1/s1. The van der Waals surface area contributed by atoms with Crippen molar-refractivity contribution in [3.63, 3.8) is 0 Å². The third-order valence-electron chi connectivity index (χ3n) is 4.88. The van der Waals surface area contributed by atoms with Crippen LogP contribution >= 0.6 is 0 Å². The highest BCUT2D eigenvalue weighted by Crippen LogP contribution is 2.28. The van der Waals surface area contributed by atoms with Crippen molar-refractivity contribution in [3.05, 3.63) is 34.8 Å². The third kappa shape index (κ3) is 3.09. The molecule has 0 unspecified atom stereocenters. The van der Waals surface area contributed by atoms with Gasteiger partial charge in [-0.2, -0.15) is 5.10 Å². The number of aryl methyl sites for hydroxylation is 4. The molecule has 6 heteroatoms. The summed E-state index contributed by atoms with van der Waals surface area (Å²) in [5.41, 5.74) is 0.993.